The second-order valence-corrected chi connectivity index (χ2v) is 2.77. The molecule has 0 heterocycles. The fourth-order valence-electron chi connectivity index (χ4n) is 0.474. The summed E-state index contributed by atoms with van der Waals surface area (Å²) in [6.45, 7) is 0.722. The molecule has 0 saturated heterocycles. The molecule has 0 fully saturated rings. The van der Waals surface area contributed by atoms with Gasteiger partial charge in [0.1, 0.15) is 0 Å². The Balaban J connectivity index is 4.85. The van der Waals surface area contributed by atoms with Gasteiger partial charge in [0.05, 0.1) is 0 Å². The van der Waals surface area contributed by atoms with Crippen LogP contribution >= 0.6 is 0 Å². The van der Waals surface area contributed by atoms with Crippen LogP contribution in [0.4, 0.5) is 22.0 Å². The van der Waals surface area contributed by atoms with E-state index in [9.17, 15) is 22.0 Å². The van der Waals surface area contributed by atoms with Gasteiger partial charge < -0.3 is 4.74 Å². The standard InChI is InChI=1S/C6H9F5O/c1-4(2,7)5(8,9)6(10,11)12-3/h1-3H3. The highest BCUT2D eigenvalue weighted by molar-refractivity contribution is 4.92. The minimum Gasteiger partial charge on any atom is -0.319 e. The van der Waals surface area contributed by atoms with Gasteiger partial charge in [0.15, 0.2) is 5.67 Å². The lowest BCUT2D eigenvalue weighted by Crippen LogP contribution is -2.54. The molecule has 0 aromatic heterocycles. The van der Waals surface area contributed by atoms with E-state index in [1.54, 1.807) is 0 Å². The van der Waals surface area contributed by atoms with Crippen LogP contribution < -0.4 is 0 Å². The Morgan fingerprint density at radius 3 is 1.33 bits per heavy atom. The fraction of sp³-hybridized carbons (Fsp3) is 1.00. The number of alkyl halides is 5. The predicted molar refractivity (Wildman–Crippen MR) is 32.1 cm³/mol. The highest BCUT2D eigenvalue weighted by atomic mass is 19.3. The lowest BCUT2D eigenvalue weighted by Gasteiger charge is -2.31. The van der Waals surface area contributed by atoms with E-state index in [1.807, 2.05) is 0 Å². The summed E-state index contributed by atoms with van der Waals surface area (Å²) < 4.78 is 65.1. The van der Waals surface area contributed by atoms with Crippen molar-refractivity contribution in [2.75, 3.05) is 7.11 Å². The maximum absolute atomic E-state index is 12.5. The van der Waals surface area contributed by atoms with Crippen LogP contribution in [0.3, 0.4) is 0 Å². The molecular weight excluding hydrogens is 183 g/mol. The Morgan fingerprint density at radius 2 is 1.25 bits per heavy atom. The van der Waals surface area contributed by atoms with E-state index in [4.69, 9.17) is 0 Å². The average Bonchev–Trinajstić information content (AvgIpc) is 1.85. The Kier molecular flexibility index (Phi) is 2.74. The average molecular weight is 192 g/mol. The van der Waals surface area contributed by atoms with Gasteiger partial charge in [-0.25, -0.2) is 4.39 Å². The molecular formula is C6H9F5O. The van der Waals surface area contributed by atoms with E-state index in [-0.39, 0.29) is 0 Å². The summed E-state index contributed by atoms with van der Waals surface area (Å²) in [6.07, 6.45) is -4.79. The van der Waals surface area contributed by atoms with Crippen molar-refractivity contribution in [3.63, 3.8) is 0 Å². The van der Waals surface area contributed by atoms with Gasteiger partial charge in [-0.15, -0.1) is 0 Å². The van der Waals surface area contributed by atoms with E-state index in [0.717, 1.165) is 0 Å². The van der Waals surface area contributed by atoms with Gasteiger partial charge in [-0.1, -0.05) is 0 Å². The summed E-state index contributed by atoms with van der Waals surface area (Å²) in [7, 11) is 0.389. The molecule has 0 radical (unpaired) electrons. The van der Waals surface area contributed by atoms with Gasteiger partial charge in [0.25, 0.3) is 0 Å². The van der Waals surface area contributed by atoms with Crippen LogP contribution in [0.25, 0.3) is 0 Å². The van der Waals surface area contributed by atoms with Crippen molar-refractivity contribution in [3.05, 3.63) is 0 Å². The molecule has 1 nitrogen and oxygen atoms in total. The van der Waals surface area contributed by atoms with E-state index in [2.05, 4.69) is 4.74 Å². The normalized spacial score (nSPS) is 15.0. The Bertz CT molecular complexity index is 160. The van der Waals surface area contributed by atoms with Gasteiger partial charge >= 0.3 is 12.0 Å². The lowest BCUT2D eigenvalue weighted by molar-refractivity contribution is -0.366. The first-order chi connectivity index (χ1) is 5.06. The number of methoxy groups -OCH3 is 1. The van der Waals surface area contributed by atoms with Crippen LogP contribution in [0.2, 0.25) is 0 Å². The van der Waals surface area contributed by atoms with Crippen molar-refractivity contribution in [2.24, 2.45) is 0 Å². The first-order valence-electron chi connectivity index (χ1n) is 3.06. The minimum atomic E-state index is -4.84. The highest BCUT2D eigenvalue weighted by Crippen LogP contribution is 2.44. The highest BCUT2D eigenvalue weighted by Gasteiger charge is 2.67. The predicted octanol–water partition coefficient (Wildman–Crippen LogP) is 2.61. The van der Waals surface area contributed by atoms with E-state index < -0.39 is 17.7 Å². The van der Waals surface area contributed by atoms with E-state index >= 15 is 0 Å². The molecule has 0 aliphatic heterocycles. The molecule has 0 amide bonds. The minimum absolute atomic E-state index is 0.361. The molecule has 0 spiro atoms. The van der Waals surface area contributed by atoms with E-state index in [1.165, 1.54) is 0 Å². The number of rotatable bonds is 3. The zero-order chi connectivity index (χ0) is 10.2. The molecule has 0 aliphatic carbocycles. The molecule has 0 aromatic carbocycles. The molecule has 0 rings (SSSR count). The van der Waals surface area contributed by atoms with Crippen LogP contribution in [0, 0.1) is 0 Å². The van der Waals surface area contributed by atoms with Crippen molar-refractivity contribution in [3.8, 4) is 0 Å². The van der Waals surface area contributed by atoms with E-state index in [0.29, 0.717) is 21.0 Å². The smallest absolute Gasteiger partial charge is 0.319 e. The molecule has 0 saturated carbocycles. The summed E-state index contributed by atoms with van der Waals surface area (Å²) >= 11 is 0. The monoisotopic (exact) mass is 192 g/mol. The largest absolute Gasteiger partial charge is 0.422 e. The molecule has 0 unspecified atom stereocenters. The number of hydrogen-bond acceptors (Lipinski definition) is 1. The van der Waals surface area contributed by atoms with Crippen molar-refractivity contribution in [1.82, 2.24) is 0 Å². The molecule has 0 aliphatic rings. The zero-order valence-corrected chi connectivity index (χ0v) is 6.80. The summed E-state index contributed by atoms with van der Waals surface area (Å²) in [5, 5.41) is 0. The second-order valence-electron chi connectivity index (χ2n) is 2.77. The zero-order valence-electron chi connectivity index (χ0n) is 6.80. The van der Waals surface area contributed by atoms with Crippen LogP contribution in [-0.2, 0) is 4.74 Å². The maximum atomic E-state index is 12.5. The number of hydrogen-bond donors (Lipinski definition) is 0. The van der Waals surface area contributed by atoms with Crippen LogP contribution in [-0.4, -0.2) is 24.8 Å². The van der Waals surface area contributed by atoms with Gasteiger partial charge in [0, 0.05) is 7.11 Å². The van der Waals surface area contributed by atoms with Crippen molar-refractivity contribution in [1.29, 1.82) is 0 Å². The Hall–Kier alpha value is -0.390. The Labute approximate surface area is 66.5 Å². The lowest BCUT2D eigenvalue weighted by atomic mass is 10.0. The van der Waals surface area contributed by atoms with Crippen molar-refractivity contribution in [2.45, 2.75) is 31.5 Å². The first kappa shape index (κ1) is 11.6. The molecule has 0 N–H and O–H groups in total. The van der Waals surface area contributed by atoms with Crippen LogP contribution in [0.1, 0.15) is 13.8 Å². The molecule has 12 heavy (non-hydrogen) atoms. The fourth-order valence-corrected chi connectivity index (χ4v) is 0.474. The second kappa shape index (κ2) is 2.83. The topological polar surface area (TPSA) is 9.23 Å². The van der Waals surface area contributed by atoms with Crippen LogP contribution in [0.15, 0.2) is 0 Å². The molecule has 0 aromatic rings. The summed E-state index contributed by atoms with van der Waals surface area (Å²) in [6, 6.07) is 0. The van der Waals surface area contributed by atoms with Gasteiger partial charge in [-0.2, -0.15) is 17.6 Å². The molecule has 74 valence electrons. The van der Waals surface area contributed by atoms with Crippen LogP contribution in [0.5, 0.6) is 0 Å². The van der Waals surface area contributed by atoms with Gasteiger partial charge in [-0.05, 0) is 13.8 Å². The SMILES string of the molecule is COC(F)(F)C(F)(F)C(C)(C)F. The maximum Gasteiger partial charge on any atom is 0.422 e. The summed E-state index contributed by atoms with van der Waals surface area (Å²) in [5.41, 5.74) is -3.33. The first-order valence-corrected chi connectivity index (χ1v) is 3.06. The quantitative estimate of drug-likeness (QED) is 0.624. The molecule has 0 atom stereocenters. The molecule has 0 bridgehead atoms. The number of ether oxygens (including phenoxy) is 1. The Morgan fingerprint density at radius 1 is 0.917 bits per heavy atom. The van der Waals surface area contributed by atoms with Crippen molar-refractivity contribution < 1.29 is 26.7 Å². The molecule has 6 heteroatoms. The number of halogens is 5. The summed E-state index contributed by atoms with van der Waals surface area (Å²) in [5.74, 6) is -4.84. The van der Waals surface area contributed by atoms with Gasteiger partial charge in [0.2, 0.25) is 0 Å². The third-order valence-electron chi connectivity index (χ3n) is 1.37. The van der Waals surface area contributed by atoms with Crippen molar-refractivity contribution >= 4 is 0 Å². The third-order valence-corrected chi connectivity index (χ3v) is 1.37. The summed E-state index contributed by atoms with van der Waals surface area (Å²) in [4.78, 5) is 0. The third kappa shape index (κ3) is 1.68. The van der Waals surface area contributed by atoms with Gasteiger partial charge in [-0.3, -0.25) is 0 Å².